The van der Waals surface area contributed by atoms with Gasteiger partial charge in [-0.05, 0) is 19.4 Å². The molecule has 138 valence electrons. The van der Waals surface area contributed by atoms with E-state index in [-0.39, 0.29) is 35.9 Å². The summed E-state index contributed by atoms with van der Waals surface area (Å²) >= 11 is 0. The maximum Gasteiger partial charge on any atom is 0.327 e. The summed E-state index contributed by atoms with van der Waals surface area (Å²) in [6.07, 6.45) is 4.31. The third-order valence-corrected chi connectivity index (χ3v) is 5.15. The van der Waals surface area contributed by atoms with Gasteiger partial charge in [-0.25, -0.2) is 13.1 Å². The molecule has 0 aromatic carbocycles. The van der Waals surface area contributed by atoms with Crippen molar-refractivity contribution in [1.82, 2.24) is 19.8 Å². The van der Waals surface area contributed by atoms with E-state index in [4.69, 9.17) is 4.74 Å². The highest BCUT2D eigenvalue weighted by Gasteiger charge is 2.35. The highest BCUT2D eigenvalue weighted by molar-refractivity contribution is 7.89. The Morgan fingerprint density at radius 3 is 2.83 bits per heavy atom. The fourth-order valence-electron chi connectivity index (χ4n) is 2.55. The smallest absolute Gasteiger partial charge is 0.327 e. The molecule has 1 aliphatic heterocycles. The third-order valence-electron chi connectivity index (χ3n) is 3.79. The van der Waals surface area contributed by atoms with E-state index >= 15 is 0 Å². The molecule has 0 bridgehead atoms. The van der Waals surface area contributed by atoms with Crippen LogP contribution in [0.4, 0.5) is 0 Å². The number of carbonyl (C=O) groups excluding carboxylic acids is 1. The predicted octanol–water partition coefficient (Wildman–Crippen LogP) is -0.475. The van der Waals surface area contributed by atoms with Crippen molar-refractivity contribution in [3.63, 3.8) is 0 Å². The number of nitrogens with zero attached hydrogens (tertiary/aromatic N) is 2. The van der Waals surface area contributed by atoms with Crippen molar-refractivity contribution in [2.24, 2.45) is 0 Å². The van der Waals surface area contributed by atoms with Gasteiger partial charge in [0.05, 0.1) is 25.5 Å². The van der Waals surface area contributed by atoms with Crippen LogP contribution in [-0.4, -0.2) is 63.6 Å². The number of hydrogen-bond acceptors (Lipinski definition) is 7. The van der Waals surface area contributed by atoms with Gasteiger partial charge in [0.15, 0.2) is 0 Å². The van der Waals surface area contributed by atoms with Crippen molar-refractivity contribution >= 4 is 28.4 Å². The Bertz CT molecular complexity index is 643. The first-order chi connectivity index (χ1) is 10.9. The minimum absolute atomic E-state index is 0. The van der Waals surface area contributed by atoms with Gasteiger partial charge >= 0.3 is 5.97 Å². The van der Waals surface area contributed by atoms with Crippen LogP contribution in [0.5, 0.6) is 0 Å². The van der Waals surface area contributed by atoms with Gasteiger partial charge in [-0.3, -0.25) is 9.48 Å². The number of carbonyl (C=O) groups is 1. The normalized spacial score (nSPS) is 20.6. The van der Waals surface area contributed by atoms with Crippen LogP contribution in [0.2, 0.25) is 0 Å². The summed E-state index contributed by atoms with van der Waals surface area (Å²) in [5.74, 6) is -0.501. The zero-order valence-corrected chi connectivity index (χ0v) is 15.3. The van der Waals surface area contributed by atoms with Gasteiger partial charge in [0.25, 0.3) is 0 Å². The number of esters is 1. The van der Waals surface area contributed by atoms with Crippen LogP contribution < -0.4 is 10.0 Å². The predicted molar refractivity (Wildman–Crippen MR) is 88.5 cm³/mol. The lowest BCUT2D eigenvalue weighted by Gasteiger charge is -2.28. The third kappa shape index (κ3) is 5.15. The molecular weight excluding hydrogens is 360 g/mol. The largest absolute Gasteiger partial charge is 0.468 e. The summed E-state index contributed by atoms with van der Waals surface area (Å²) < 4.78 is 38.2. The van der Waals surface area contributed by atoms with Gasteiger partial charge in [0, 0.05) is 19.9 Å². The lowest BCUT2D eigenvalue weighted by atomic mass is 9.99. The number of ether oxygens (including phenoxy) is 2. The Balaban J connectivity index is 0.00000288. The van der Waals surface area contributed by atoms with Gasteiger partial charge in [0.1, 0.15) is 11.4 Å². The highest BCUT2D eigenvalue weighted by Crippen LogP contribution is 2.20. The van der Waals surface area contributed by atoms with E-state index < -0.39 is 16.0 Å². The molecule has 1 saturated heterocycles. The Hall–Kier alpha value is -1.20. The minimum atomic E-state index is -3.71. The second-order valence-corrected chi connectivity index (χ2v) is 7.28. The Morgan fingerprint density at radius 1 is 1.50 bits per heavy atom. The van der Waals surface area contributed by atoms with Gasteiger partial charge in [0.2, 0.25) is 10.0 Å². The van der Waals surface area contributed by atoms with E-state index in [1.165, 1.54) is 24.2 Å². The van der Waals surface area contributed by atoms with E-state index in [1.54, 1.807) is 7.11 Å². The Morgan fingerprint density at radius 2 is 2.25 bits per heavy atom. The number of halogens is 1. The molecule has 1 aromatic rings. The van der Waals surface area contributed by atoms with Crippen molar-refractivity contribution in [1.29, 1.82) is 0 Å². The van der Waals surface area contributed by atoms with Gasteiger partial charge in [-0.15, -0.1) is 12.4 Å². The molecule has 11 heteroatoms. The monoisotopic (exact) mass is 382 g/mol. The quantitative estimate of drug-likeness (QED) is 0.584. The van der Waals surface area contributed by atoms with Crippen molar-refractivity contribution in [2.75, 3.05) is 33.9 Å². The molecule has 1 atom stereocenters. The fraction of sp³-hybridized carbons (Fsp3) is 0.692. The second kappa shape index (κ2) is 8.77. The molecule has 24 heavy (non-hydrogen) atoms. The molecule has 2 N–H and O–H groups in total. The number of rotatable bonds is 8. The van der Waals surface area contributed by atoms with Crippen LogP contribution >= 0.6 is 12.4 Å². The molecule has 0 spiro atoms. The fourth-order valence-corrected chi connectivity index (χ4v) is 3.63. The molecule has 0 amide bonds. The summed E-state index contributed by atoms with van der Waals surface area (Å²) in [7, 11) is -0.858. The Kier molecular flexibility index (Phi) is 7.61. The van der Waals surface area contributed by atoms with Crippen LogP contribution in [0.3, 0.4) is 0 Å². The first-order valence-electron chi connectivity index (χ1n) is 7.24. The number of sulfonamides is 1. The summed E-state index contributed by atoms with van der Waals surface area (Å²) in [6, 6.07) is 0. The van der Waals surface area contributed by atoms with E-state index in [9.17, 15) is 13.2 Å². The molecule has 1 aromatic heterocycles. The average molecular weight is 383 g/mol. The van der Waals surface area contributed by atoms with E-state index in [2.05, 4.69) is 19.9 Å². The van der Waals surface area contributed by atoms with E-state index in [0.717, 1.165) is 19.4 Å². The topological polar surface area (TPSA) is 112 Å². The number of hydrogen-bond donors (Lipinski definition) is 2. The SMILES string of the molecule is COCC1(CNS(=O)(=O)c2cnn(CC(=O)OC)c2)CCCN1.Cl. The van der Waals surface area contributed by atoms with Crippen molar-refractivity contribution < 1.29 is 22.7 Å². The average Bonchev–Trinajstić information content (AvgIpc) is 3.16. The molecule has 2 heterocycles. The van der Waals surface area contributed by atoms with Crippen LogP contribution in [0, 0.1) is 0 Å². The highest BCUT2D eigenvalue weighted by atomic mass is 35.5. The van der Waals surface area contributed by atoms with Crippen LogP contribution in [0.15, 0.2) is 17.3 Å². The summed E-state index contributed by atoms with van der Waals surface area (Å²) in [6.45, 7) is 1.35. The molecule has 0 aliphatic carbocycles. The lowest BCUT2D eigenvalue weighted by Crippen LogP contribution is -2.52. The van der Waals surface area contributed by atoms with Crippen molar-refractivity contribution in [3.05, 3.63) is 12.4 Å². The number of methoxy groups -OCH3 is 2. The Labute approximate surface area is 147 Å². The van der Waals surface area contributed by atoms with E-state index in [1.807, 2.05) is 0 Å². The molecule has 0 radical (unpaired) electrons. The summed E-state index contributed by atoms with van der Waals surface area (Å²) in [5, 5.41) is 7.16. The molecule has 9 nitrogen and oxygen atoms in total. The molecule has 2 rings (SSSR count). The summed E-state index contributed by atoms with van der Waals surface area (Å²) in [5.41, 5.74) is -0.385. The zero-order valence-electron chi connectivity index (χ0n) is 13.6. The van der Waals surface area contributed by atoms with Crippen LogP contribution in [0.1, 0.15) is 12.8 Å². The zero-order chi connectivity index (χ0) is 16.9. The second-order valence-electron chi connectivity index (χ2n) is 5.52. The van der Waals surface area contributed by atoms with Gasteiger partial charge in [-0.1, -0.05) is 0 Å². The number of aromatic nitrogens is 2. The first kappa shape index (κ1) is 20.8. The van der Waals surface area contributed by atoms with Crippen molar-refractivity contribution in [3.8, 4) is 0 Å². The van der Waals surface area contributed by atoms with Crippen molar-refractivity contribution in [2.45, 2.75) is 29.8 Å². The lowest BCUT2D eigenvalue weighted by molar-refractivity contribution is -0.141. The summed E-state index contributed by atoms with van der Waals surface area (Å²) in [4.78, 5) is 11.2. The maximum absolute atomic E-state index is 12.4. The molecule has 1 aliphatic rings. The molecular formula is C13H23ClN4O5S. The minimum Gasteiger partial charge on any atom is -0.468 e. The standard InChI is InChI=1S/C13H22N4O5S.ClH/c1-21-10-13(4-3-5-14-13)9-16-23(19,20)11-6-15-17(7-11)8-12(18)22-2;/h6-7,14,16H,3-5,8-10H2,1-2H3;1H. The number of nitrogens with one attached hydrogen (secondary N) is 2. The van der Waals surface area contributed by atoms with Crippen LogP contribution in [0.25, 0.3) is 0 Å². The first-order valence-corrected chi connectivity index (χ1v) is 8.72. The molecule has 1 unspecified atom stereocenters. The van der Waals surface area contributed by atoms with Gasteiger partial charge < -0.3 is 14.8 Å². The maximum atomic E-state index is 12.4. The van der Waals surface area contributed by atoms with E-state index in [0.29, 0.717) is 6.61 Å². The van der Waals surface area contributed by atoms with Gasteiger partial charge in [-0.2, -0.15) is 5.10 Å². The van der Waals surface area contributed by atoms with Crippen LogP contribution in [-0.2, 0) is 30.8 Å². The molecule has 1 fully saturated rings. The molecule has 0 saturated carbocycles.